The van der Waals surface area contributed by atoms with E-state index in [-0.39, 0.29) is 5.54 Å². The third-order valence-electron chi connectivity index (χ3n) is 3.91. The zero-order valence-corrected chi connectivity index (χ0v) is 12.5. The fourth-order valence-electron chi connectivity index (χ4n) is 2.72. The molecule has 0 saturated carbocycles. The normalized spacial score (nSPS) is 23.6. The predicted molar refractivity (Wildman–Crippen MR) is 83.9 cm³/mol. The summed E-state index contributed by atoms with van der Waals surface area (Å²) < 4.78 is 5.62. The molecule has 1 saturated heterocycles. The van der Waals surface area contributed by atoms with Crippen LogP contribution in [0.1, 0.15) is 18.9 Å². The molecule has 1 aliphatic heterocycles. The molecule has 2 rings (SSSR count). The van der Waals surface area contributed by atoms with Crippen molar-refractivity contribution in [3.05, 3.63) is 48.6 Å². The van der Waals surface area contributed by atoms with Crippen LogP contribution in [0, 0.1) is 0 Å². The molecule has 0 aliphatic carbocycles. The van der Waals surface area contributed by atoms with Crippen molar-refractivity contribution in [3.63, 3.8) is 0 Å². The summed E-state index contributed by atoms with van der Waals surface area (Å²) in [6.07, 6.45) is 2.83. The van der Waals surface area contributed by atoms with Crippen molar-refractivity contribution in [2.45, 2.75) is 18.9 Å². The van der Waals surface area contributed by atoms with Gasteiger partial charge in [-0.15, -0.1) is 6.58 Å². The number of ether oxygens (including phenoxy) is 1. The van der Waals surface area contributed by atoms with Gasteiger partial charge in [-0.2, -0.15) is 0 Å². The number of piperazine rings is 1. The first-order chi connectivity index (χ1) is 9.74. The van der Waals surface area contributed by atoms with Crippen molar-refractivity contribution in [3.8, 4) is 0 Å². The average Bonchev–Trinajstić information content (AvgIpc) is 2.48. The van der Waals surface area contributed by atoms with Crippen LogP contribution in [-0.2, 0) is 10.3 Å². The summed E-state index contributed by atoms with van der Waals surface area (Å²) in [5, 5.41) is 3.66. The van der Waals surface area contributed by atoms with Gasteiger partial charge in [-0.1, -0.05) is 36.4 Å². The van der Waals surface area contributed by atoms with Crippen LogP contribution in [0.2, 0.25) is 0 Å². The summed E-state index contributed by atoms with van der Waals surface area (Å²) in [4.78, 5) is 2.48. The van der Waals surface area contributed by atoms with Gasteiger partial charge in [0.1, 0.15) is 0 Å². The monoisotopic (exact) mass is 274 g/mol. The molecule has 1 heterocycles. The molecular weight excluding hydrogens is 248 g/mol. The number of benzene rings is 1. The van der Waals surface area contributed by atoms with Gasteiger partial charge in [0.25, 0.3) is 0 Å². The lowest BCUT2D eigenvalue weighted by atomic mass is 9.90. The molecule has 1 N–H and O–H groups in total. The van der Waals surface area contributed by atoms with Crippen molar-refractivity contribution in [2.24, 2.45) is 0 Å². The van der Waals surface area contributed by atoms with Crippen LogP contribution in [0.3, 0.4) is 0 Å². The van der Waals surface area contributed by atoms with E-state index in [2.05, 4.69) is 54.1 Å². The Morgan fingerprint density at radius 1 is 1.35 bits per heavy atom. The van der Waals surface area contributed by atoms with Gasteiger partial charge in [0, 0.05) is 26.2 Å². The SMILES string of the molecule is C=CCCOCCN1CCNC(C)(c2ccccc2)C1. The first-order valence-electron chi connectivity index (χ1n) is 7.46. The van der Waals surface area contributed by atoms with Crippen LogP contribution in [0.15, 0.2) is 43.0 Å². The van der Waals surface area contributed by atoms with Crippen LogP contribution in [-0.4, -0.2) is 44.3 Å². The molecule has 1 atom stereocenters. The lowest BCUT2D eigenvalue weighted by Crippen LogP contribution is -2.57. The standard InChI is InChI=1S/C17H26N2O/c1-3-4-13-20-14-12-19-11-10-18-17(2,15-19)16-8-6-5-7-9-16/h3,5-9,18H,1,4,10-15H2,2H3. The van der Waals surface area contributed by atoms with E-state index in [1.165, 1.54) is 5.56 Å². The zero-order chi connectivity index (χ0) is 14.3. The average molecular weight is 274 g/mol. The maximum atomic E-state index is 5.62. The van der Waals surface area contributed by atoms with E-state index in [4.69, 9.17) is 4.74 Å². The molecule has 0 spiro atoms. The smallest absolute Gasteiger partial charge is 0.0593 e. The summed E-state index contributed by atoms with van der Waals surface area (Å²) in [5.41, 5.74) is 1.40. The van der Waals surface area contributed by atoms with Gasteiger partial charge in [0.05, 0.1) is 18.8 Å². The summed E-state index contributed by atoms with van der Waals surface area (Å²) in [5.74, 6) is 0. The third kappa shape index (κ3) is 4.17. The second kappa shape index (κ2) is 7.58. The summed E-state index contributed by atoms with van der Waals surface area (Å²) in [6, 6.07) is 10.7. The van der Waals surface area contributed by atoms with Crippen LogP contribution < -0.4 is 5.32 Å². The molecule has 0 amide bonds. The number of rotatable bonds is 7. The summed E-state index contributed by atoms with van der Waals surface area (Å²) in [7, 11) is 0. The molecule has 1 aliphatic rings. The Hall–Kier alpha value is -1.16. The van der Waals surface area contributed by atoms with Gasteiger partial charge in [0.15, 0.2) is 0 Å². The minimum atomic E-state index is 0.0423. The largest absolute Gasteiger partial charge is 0.380 e. The highest BCUT2D eigenvalue weighted by Crippen LogP contribution is 2.23. The molecule has 1 fully saturated rings. The van der Waals surface area contributed by atoms with Gasteiger partial charge in [-0.25, -0.2) is 0 Å². The predicted octanol–water partition coefficient (Wildman–Crippen LogP) is 2.40. The van der Waals surface area contributed by atoms with Crippen LogP contribution in [0.5, 0.6) is 0 Å². The Morgan fingerprint density at radius 2 is 2.15 bits per heavy atom. The number of nitrogens with zero attached hydrogens (tertiary/aromatic N) is 1. The lowest BCUT2D eigenvalue weighted by Gasteiger charge is -2.42. The zero-order valence-electron chi connectivity index (χ0n) is 12.5. The van der Waals surface area contributed by atoms with Gasteiger partial charge in [-0.05, 0) is 18.9 Å². The minimum Gasteiger partial charge on any atom is -0.380 e. The Labute approximate surface area is 122 Å². The highest BCUT2D eigenvalue weighted by molar-refractivity contribution is 5.24. The van der Waals surface area contributed by atoms with E-state index in [1.807, 2.05) is 6.08 Å². The first kappa shape index (κ1) is 15.2. The molecule has 0 radical (unpaired) electrons. The number of hydrogen-bond donors (Lipinski definition) is 1. The Balaban J connectivity index is 1.83. The fraction of sp³-hybridized carbons (Fsp3) is 0.529. The Bertz CT molecular complexity index is 407. The molecule has 0 bridgehead atoms. The van der Waals surface area contributed by atoms with Crippen molar-refractivity contribution >= 4 is 0 Å². The Morgan fingerprint density at radius 3 is 2.90 bits per heavy atom. The third-order valence-corrected chi connectivity index (χ3v) is 3.91. The van der Waals surface area contributed by atoms with E-state index in [9.17, 15) is 0 Å². The van der Waals surface area contributed by atoms with Gasteiger partial charge in [-0.3, -0.25) is 4.90 Å². The molecule has 1 aromatic carbocycles. The van der Waals surface area contributed by atoms with Crippen molar-refractivity contribution in [1.82, 2.24) is 10.2 Å². The van der Waals surface area contributed by atoms with Crippen LogP contribution >= 0.6 is 0 Å². The summed E-state index contributed by atoms with van der Waals surface area (Å²) in [6.45, 7) is 11.7. The minimum absolute atomic E-state index is 0.0423. The van der Waals surface area contributed by atoms with Crippen LogP contribution in [0.25, 0.3) is 0 Å². The number of nitrogens with one attached hydrogen (secondary N) is 1. The molecule has 1 unspecified atom stereocenters. The molecular formula is C17H26N2O. The molecule has 110 valence electrons. The van der Waals surface area contributed by atoms with Crippen molar-refractivity contribution in [1.29, 1.82) is 0 Å². The van der Waals surface area contributed by atoms with E-state index in [0.29, 0.717) is 0 Å². The topological polar surface area (TPSA) is 24.5 Å². The maximum Gasteiger partial charge on any atom is 0.0593 e. The molecule has 1 aromatic rings. The highest BCUT2D eigenvalue weighted by Gasteiger charge is 2.31. The van der Waals surface area contributed by atoms with Gasteiger partial charge < -0.3 is 10.1 Å². The molecule has 3 heteroatoms. The quantitative estimate of drug-likeness (QED) is 0.610. The van der Waals surface area contributed by atoms with Crippen molar-refractivity contribution < 1.29 is 4.74 Å². The molecule has 0 aromatic heterocycles. The van der Waals surface area contributed by atoms with E-state index in [0.717, 1.165) is 45.8 Å². The summed E-state index contributed by atoms with van der Waals surface area (Å²) >= 11 is 0. The highest BCUT2D eigenvalue weighted by atomic mass is 16.5. The van der Waals surface area contributed by atoms with Crippen LogP contribution in [0.4, 0.5) is 0 Å². The van der Waals surface area contributed by atoms with E-state index >= 15 is 0 Å². The molecule has 3 nitrogen and oxygen atoms in total. The first-order valence-corrected chi connectivity index (χ1v) is 7.46. The van der Waals surface area contributed by atoms with E-state index in [1.54, 1.807) is 0 Å². The maximum absolute atomic E-state index is 5.62. The van der Waals surface area contributed by atoms with Crippen molar-refractivity contribution in [2.75, 3.05) is 39.4 Å². The molecule has 20 heavy (non-hydrogen) atoms. The van der Waals surface area contributed by atoms with Gasteiger partial charge in [0.2, 0.25) is 0 Å². The Kier molecular flexibility index (Phi) is 5.77. The lowest BCUT2D eigenvalue weighted by molar-refractivity contribution is 0.0778. The van der Waals surface area contributed by atoms with Gasteiger partial charge >= 0.3 is 0 Å². The number of hydrogen-bond acceptors (Lipinski definition) is 3. The second-order valence-electron chi connectivity index (χ2n) is 5.59. The fourth-order valence-corrected chi connectivity index (χ4v) is 2.72. The van der Waals surface area contributed by atoms with E-state index < -0.39 is 0 Å². The second-order valence-corrected chi connectivity index (χ2v) is 5.59.